The minimum absolute atomic E-state index is 0.405. The van der Waals surface area contributed by atoms with E-state index in [0.29, 0.717) is 35.1 Å². The first-order valence-corrected chi connectivity index (χ1v) is 7.20. The zero-order chi connectivity index (χ0) is 15.0. The lowest BCUT2D eigenvalue weighted by molar-refractivity contribution is -0.358. The number of amidine groups is 1. The molecule has 0 aliphatic carbocycles. The summed E-state index contributed by atoms with van der Waals surface area (Å²) < 4.78 is 42.6. The highest BCUT2D eigenvalue weighted by Crippen LogP contribution is 2.41. The van der Waals surface area contributed by atoms with E-state index >= 15 is 0 Å². The van der Waals surface area contributed by atoms with Gasteiger partial charge in [0.15, 0.2) is 6.23 Å². The molecule has 7 heteroatoms. The highest BCUT2D eigenvalue weighted by molar-refractivity contribution is 6.30. The van der Waals surface area contributed by atoms with E-state index in [1.807, 2.05) is 0 Å². The highest BCUT2D eigenvalue weighted by atomic mass is 35.5. The van der Waals surface area contributed by atoms with Crippen molar-refractivity contribution in [1.29, 1.82) is 0 Å². The number of hydrogen-bond donors (Lipinski definition) is 0. The van der Waals surface area contributed by atoms with Crippen molar-refractivity contribution >= 4 is 23.1 Å². The van der Waals surface area contributed by atoms with E-state index in [-0.39, 0.29) is 0 Å². The Morgan fingerprint density at radius 2 is 2.05 bits per heavy atom. The molecule has 0 spiro atoms. The summed E-state index contributed by atoms with van der Waals surface area (Å²) in [6.45, 7) is 0.516. The lowest BCUT2D eigenvalue weighted by Crippen LogP contribution is -2.40. The average molecular weight is 319 g/mol. The van der Waals surface area contributed by atoms with E-state index in [4.69, 9.17) is 11.6 Å². The van der Waals surface area contributed by atoms with Gasteiger partial charge in [0.2, 0.25) is 0 Å². The molecule has 0 aromatic heterocycles. The fraction of sp³-hybridized carbons (Fsp3) is 0.500. The van der Waals surface area contributed by atoms with Crippen LogP contribution in [0.5, 0.6) is 0 Å². The third-order valence-corrected chi connectivity index (χ3v) is 3.90. The summed E-state index contributed by atoms with van der Waals surface area (Å²) in [5.41, 5.74) is 0.868. The van der Waals surface area contributed by atoms with Crippen LogP contribution >= 0.6 is 11.6 Å². The molecule has 2 heterocycles. The molecule has 21 heavy (non-hydrogen) atoms. The number of alkyl halides is 3. The molecule has 1 fully saturated rings. The monoisotopic (exact) mass is 318 g/mol. The Kier molecular flexibility index (Phi) is 3.84. The van der Waals surface area contributed by atoms with Gasteiger partial charge in [-0.05, 0) is 25.0 Å². The molecular formula is C14H14ClF3N2O. The maximum absolute atomic E-state index is 12.8. The van der Waals surface area contributed by atoms with Gasteiger partial charge in [-0.15, -0.1) is 13.2 Å². The van der Waals surface area contributed by atoms with Crippen LogP contribution in [0.2, 0.25) is 5.02 Å². The molecule has 3 rings (SSSR count). The molecule has 114 valence electrons. The first kappa shape index (κ1) is 14.7. The Balaban J connectivity index is 2.05. The molecular weight excluding hydrogens is 305 g/mol. The van der Waals surface area contributed by atoms with Gasteiger partial charge in [0.1, 0.15) is 5.84 Å². The molecule has 1 atom stereocenters. The van der Waals surface area contributed by atoms with Gasteiger partial charge in [0.05, 0.1) is 5.69 Å². The second kappa shape index (κ2) is 5.50. The number of fused-ring (bicyclic) bond motifs is 2. The highest BCUT2D eigenvalue weighted by Gasteiger charge is 2.40. The molecule has 1 aromatic carbocycles. The van der Waals surface area contributed by atoms with E-state index in [1.54, 1.807) is 23.1 Å². The fourth-order valence-corrected chi connectivity index (χ4v) is 2.94. The minimum Gasteiger partial charge on any atom is -0.330 e. The van der Waals surface area contributed by atoms with Crippen molar-refractivity contribution in [3.63, 3.8) is 0 Å². The smallest absolute Gasteiger partial charge is 0.330 e. The molecule has 1 unspecified atom stereocenters. The summed E-state index contributed by atoms with van der Waals surface area (Å²) in [6, 6.07) is 4.70. The number of nitrogens with zero attached hydrogens (tertiary/aromatic N) is 2. The summed E-state index contributed by atoms with van der Waals surface area (Å²) in [5, 5.41) is 0.450. The SMILES string of the molecule is FC(F)(F)OC1c2ccc(Cl)cc2N=C2CCCCCN21. The van der Waals surface area contributed by atoms with Crippen LogP contribution in [0.3, 0.4) is 0 Å². The largest absolute Gasteiger partial charge is 0.524 e. The van der Waals surface area contributed by atoms with Gasteiger partial charge in [-0.1, -0.05) is 24.1 Å². The molecule has 3 nitrogen and oxygen atoms in total. The van der Waals surface area contributed by atoms with Gasteiger partial charge in [-0.25, -0.2) is 4.99 Å². The second-order valence-corrected chi connectivity index (χ2v) is 5.59. The van der Waals surface area contributed by atoms with Gasteiger partial charge < -0.3 is 4.90 Å². The van der Waals surface area contributed by atoms with Crippen LogP contribution in [0.1, 0.15) is 37.5 Å². The molecule has 0 bridgehead atoms. The van der Waals surface area contributed by atoms with Crippen molar-refractivity contribution in [2.75, 3.05) is 6.54 Å². The van der Waals surface area contributed by atoms with Crippen LogP contribution in [0.4, 0.5) is 18.9 Å². The number of halogens is 4. The Labute approximate surface area is 125 Å². The van der Waals surface area contributed by atoms with Gasteiger partial charge in [-0.3, -0.25) is 4.74 Å². The number of rotatable bonds is 1. The quantitative estimate of drug-likeness (QED) is 0.743. The molecule has 0 saturated carbocycles. The maximum atomic E-state index is 12.8. The van der Waals surface area contributed by atoms with Gasteiger partial charge in [0.25, 0.3) is 0 Å². The molecule has 2 aliphatic rings. The Morgan fingerprint density at radius 3 is 2.81 bits per heavy atom. The second-order valence-electron chi connectivity index (χ2n) is 5.15. The first-order valence-electron chi connectivity index (χ1n) is 6.82. The number of hydrogen-bond acceptors (Lipinski definition) is 3. The van der Waals surface area contributed by atoms with Crippen LogP contribution < -0.4 is 0 Å². The Bertz CT molecular complexity index is 574. The standard InChI is InChI=1S/C14H14ClF3N2O/c15-9-5-6-10-11(8-9)19-12-4-2-1-3-7-20(12)13(10)21-14(16,17)18/h5-6,8,13H,1-4,7H2. The van der Waals surface area contributed by atoms with Crippen molar-refractivity contribution < 1.29 is 17.9 Å². The molecule has 2 aliphatic heterocycles. The van der Waals surface area contributed by atoms with Crippen molar-refractivity contribution in [3.05, 3.63) is 28.8 Å². The lowest BCUT2D eigenvalue weighted by Gasteiger charge is -2.37. The zero-order valence-corrected chi connectivity index (χ0v) is 11.9. The van der Waals surface area contributed by atoms with Gasteiger partial charge in [0, 0.05) is 23.6 Å². The van der Waals surface area contributed by atoms with Crippen LogP contribution in [-0.4, -0.2) is 23.6 Å². The molecule has 1 saturated heterocycles. The summed E-state index contributed by atoms with van der Waals surface area (Å²) in [6.07, 6.45) is -2.49. The zero-order valence-electron chi connectivity index (χ0n) is 11.2. The molecule has 1 aromatic rings. The normalized spacial score (nSPS) is 22.2. The summed E-state index contributed by atoms with van der Waals surface area (Å²) in [7, 11) is 0. The van der Waals surface area contributed by atoms with Crippen LogP contribution in [0.15, 0.2) is 23.2 Å². The van der Waals surface area contributed by atoms with E-state index in [9.17, 15) is 13.2 Å². The van der Waals surface area contributed by atoms with Crippen molar-refractivity contribution in [1.82, 2.24) is 4.90 Å². The van der Waals surface area contributed by atoms with Crippen molar-refractivity contribution in [2.24, 2.45) is 4.99 Å². The number of ether oxygens (including phenoxy) is 1. The maximum Gasteiger partial charge on any atom is 0.524 e. The predicted octanol–water partition coefficient (Wildman–Crippen LogP) is 4.79. The average Bonchev–Trinajstić information content (AvgIpc) is 2.61. The third-order valence-electron chi connectivity index (χ3n) is 3.67. The van der Waals surface area contributed by atoms with Gasteiger partial charge >= 0.3 is 6.36 Å². The van der Waals surface area contributed by atoms with E-state index < -0.39 is 12.6 Å². The lowest BCUT2D eigenvalue weighted by atomic mass is 10.1. The summed E-state index contributed by atoms with van der Waals surface area (Å²) >= 11 is 5.92. The van der Waals surface area contributed by atoms with Crippen molar-refractivity contribution in [2.45, 2.75) is 38.3 Å². The van der Waals surface area contributed by atoms with E-state index in [0.717, 1.165) is 19.3 Å². The number of benzene rings is 1. The Morgan fingerprint density at radius 1 is 1.24 bits per heavy atom. The summed E-state index contributed by atoms with van der Waals surface area (Å²) in [4.78, 5) is 6.10. The van der Waals surface area contributed by atoms with E-state index in [2.05, 4.69) is 9.73 Å². The summed E-state index contributed by atoms with van der Waals surface area (Å²) in [5.74, 6) is 0.650. The van der Waals surface area contributed by atoms with Crippen LogP contribution in [-0.2, 0) is 4.74 Å². The van der Waals surface area contributed by atoms with Gasteiger partial charge in [-0.2, -0.15) is 0 Å². The molecule has 0 radical (unpaired) electrons. The predicted molar refractivity (Wildman–Crippen MR) is 73.6 cm³/mol. The Hall–Kier alpha value is -1.27. The van der Waals surface area contributed by atoms with Crippen molar-refractivity contribution in [3.8, 4) is 0 Å². The molecule has 0 amide bonds. The first-order chi connectivity index (χ1) is 9.94. The molecule has 0 N–H and O–H groups in total. The minimum atomic E-state index is -4.70. The topological polar surface area (TPSA) is 24.8 Å². The fourth-order valence-electron chi connectivity index (χ4n) is 2.77. The van der Waals surface area contributed by atoms with Crippen LogP contribution in [0, 0.1) is 0 Å². The third kappa shape index (κ3) is 3.16. The number of aliphatic imine (C=N–C) groups is 1. The van der Waals surface area contributed by atoms with E-state index in [1.165, 1.54) is 0 Å². The van der Waals surface area contributed by atoms with Crippen LogP contribution in [0.25, 0.3) is 0 Å².